The zero-order valence-corrected chi connectivity index (χ0v) is 17.7. The van der Waals surface area contributed by atoms with Crippen LogP contribution in [0.5, 0.6) is 0 Å². The molecule has 152 valence electrons. The molecule has 0 N–H and O–H groups in total. The van der Waals surface area contributed by atoms with Crippen LogP contribution in [0, 0.1) is 16.7 Å². The predicted molar refractivity (Wildman–Crippen MR) is 108 cm³/mol. The zero-order valence-electron chi connectivity index (χ0n) is 16.9. The first-order chi connectivity index (χ1) is 13.2. The first-order valence-electron chi connectivity index (χ1n) is 10.5. The van der Waals surface area contributed by atoms with E-state index in [1.54, 1.807) is 4.31 Å². The molecule has 1 saturated heterocycles. The van der Waals surface area contributed by atoms with Gasteiger partial charge >= 0.3 is 0 Å². The molecule has 0 aromatic heterocycles. The lowest BCUT2D eigenvalue weighted by Crippen LogP contribution is -2.63. The fraction of sp³-hybridized carbons (Fsp3) is 0.682. The Balaban J connectivity index is 1.26. The highest BCUT2D eigenvalue weighted by Gasteiger charge is 2.65. The number of hydrogen-bond acceptors (Lipinski definition) is 4. The third-order valence-corrected chi connectivity index (χ3v) is 10.4. The van der Waals surface area contributed by atoms with Crippen LogP contribution in [0.3, 0.4) is 0 Å². The van der Waals surface area contributed by atoms with Crippen molar-refractivity contribution in [3.63, 3.8) is 0 Å². The Hall–Kier alpha value is -1.24. The van der Waals surface area contributed by atoms with Crippen molar-refractivity contribution in [2.24, 2.45) is 16.7 Å². The van der Waals surface area contributed by atoms with E-state index in [1.165, 1.54) is 11.1 Å². The van der Waals surface area contributed by atoms with Gasteiger partial charge in [-0.15, -0.1) is 0 Å². The van der Waals surface area contributed by atoms with Gasteiger partial charge in [-0.25, -0.2) is 8.42 Å². The molecule has 28 heavy (non-hydrogen) atoms. The van der Waals surface area contributed by atoms with E-state index < -0.39 is 15.4 Å². The Labute approximate surface area is 168 Å². The fourth-order valence-corrected chi connectivity index (χ4v) is 8.50. The van der Waals surface area contributed by atoms with Crippen LogP contribution in [-0.4, -0.2) is 54.8 Å². The number of nitrogens with zero attached hydrogens (tertiary/aromatic N) is 2. The van der Waals surface area contributed by atoms with E-state index in [-0.39, 0.29) is 17.0 Å². The molecule has 2 unspecified atom stereocenters. The number of Topliss-reactive ketones (excluding diaryl/α,β-unsaturated/α-hetero) is 1. The van der Waals surface area contributed by atoms with Crippen LogP contribution in [0.2, 0.25) is 0 Å². The van der Waals surface area contributed by atoms with Gasteiger partial charge in [-0.05, 0) is 41.7 Å². The van der Waals surface area contributed by atoms with E-state index >= 15 is 0 Å². The molecule has 5 nitrogen and oxygen atoms in total. The number of carbonyl (C=O) groups excluding carboxylic acids is 1. The molecule has 0 radical (unpaired) electrons. The molecule has 2 bridgehead atoms. The van der Waals surface area contributed by atoms with Crippen molar-refractivity contribution in [1.82, 2.24) is 9.21 Å². The van der Waals surface area contributed by atoms with Gasteiger partial charge in [0.25, 0.3) is 0 Å². The summed E-state index contributed by atoms with van der Waals surface area (Å²) in [4.78, 5) is 15.1. The van der Waals surface area contributed by atoms with Gasteiger partial charge in [0.1, 0.15) is 5.78 Å². The highest BCUT2D eigenvalue weighted by molar-refractivity contribution is 7.89. The van der Waals surface area contributed by atoms with Crippen LogP contribution in [-0.2, 0) is 27.8 Å². The summed E-state index contributed by atoms with van der Waals surface area (Å²) in [6.07, 6.45) is 3.33. The van der Waals surface area contributed by atoms with E-state index in [9.17, 15) is 13.2 Å². The number of sulfonamides is 1. The number of rotatable bonds is 4. The first kappa shape index (κ1) is 18.8. The molecule has 5 rings (SSSR count). The number of carbonyl (C=O) groups is 1. The molecule has 3 fully saturated rings. The third kappa shape index (κ3) is 2.57. The summed E-state index contributed by atoms with van der Waals surface area (Å²) in [5.74, 6) is 0.549. The van der Waals surface area contributed by atoms with Crippen LogP contribution in [0.25, 0.3) is 0 Å². The summed E-state index contributed by atoms with van der Waals surface area (Å²) in [6, 6.07) is 8.83. The van der Waals surface area contributed by atoms with Gasteiger partial charge < -0.3 is 0 Å². The number of hydrogen-bond donors (Lipinski definition) is 0. The first-order valence-corrected chi connectivity index (χ1v) is 12.2. The Kier molecular flexibility index (Phi) is 4.11. The van der Waals surface area contributed by atoms with E-state index in [0.717, 1.165) is 32.4 Å². The smallest absolute Gasteiger partial charge is 0.215 e. The lowest BCUT2D eigenvalue weighted by atomic mass is 9.70. The molecule has 2 heterocycles. The van der Waals surface area contributed by atoms with Gasteiger partial charge in [0.15, 0.2) is 0 Å². The quantitative estimate of drug-likeness (QED) is 0.776. The number of fused-ring (bicyclic) bond motifs is 3. The van der Waals surface area contributed by atoms with Crippen molar-refractivity contribution in [2.75, 3.05) is 25.4 Å². The third-order valence-electron chi connectivity index (χ3n) is 8.47. The Morgan fingerprint density at radius 2 is 1.86 bits per heavy atom. The van der Waals surface area contributed by atoms with Gasteiger partial charge in [0.05, 0.1) is 5.75 Å². The Bertz CT molecular complexity index is 919. The van der Waals surface area contributed by atoms with Crippen LogP contribution in [0.4, 0.5) is 0 Å². The van der Waals surface area contributed by atoms with E-state index in [2.05, 4.69) is 43.0 Å². The summed E-state index contributed by atoms with van der Waals surface area (Å²) >= 11 is 0. The second-order valence-corrected chi connectivity index (χ2v) is 11.9. The highest BCUT2D eigenvalue weighted by atomic mass is 32.2. The van der Waals surface area contributed by atoms with Crippen molar-refractivity contribution in [1.29, 1.82) is 0 Å². The Morgan fingerprint density at radius 1 is 1.14 bits per heavy atom. The Morgan fingerprint density at radius 3 is 2.50 bits per heavy atom. The standard InChI is InChI=1S/C22H30N2O3S/c1-21(2)18-7-9-22(21,20(25)11-18)15-28(26,27)24-13-19(14-24)23-10-8-16-5-3-4-6-17(16)12-23/h3-6,18-19H,7-15H2,1-2H3. The van der Waals surface area contributed by atoms with Crippen molar-refractivity contribution in [3.8, 4) is 0 Å². The minimum atomic E-state index is -3.40. The molecule has 2 saturated carbocycles. The molecule has 0 amide bonds. The van der Waals surface area contributed by atoms with Gasteiger partial charge in [-0.2, -0.15) is 4.31 Å². The van der Waals surface area contributed by atoms with E-state index in [0.29, 0.717) is 31.5 Å². The molecular weight excluding hydrogens is 372 g/mol. The normalized spacial score (nSPS) is 33.1. The van der Waals surface area contributed by atoms with E-state index in [4.69, 9.17) is 0 Å². The molecular formula is C22H30N2O3S. The predicted octanol–water partition coefficient (Wildman–Crippen LogP) is 2.45. The number of ketones is 1. The monoisotopic (exact) mass is 402 g/mol. The maximum Gasteiger partial charge on any atom is 0.215 e. The molecule has 2 aliphatic heterocycles. The SMILES string of the molecule is CC1(C)C2CCC1(CS(=O)(=O)N1CC(N3CCc4ccccc4C3)C1)C(=O)C2. The number of benzene rings is 1. The highest BCUT2D eigenvalue weighted by Crippen LogP contribution is 2.64. The minimum Gasteiger partial charge on any atom is -0.299 e. The molecule has 0 spiro atoms. The average Bonchev–Trinajstić information content (AvgIpc) is 2.94. The lowest BCUT2D eigenvalue weighted by molar-refractivity contribution is -0.128. The zero-order chi connectivity index (χ0) is 19.7. The second kappa shape index (κ2) is 6.13. The maximum absolute atomic E-state index is 13.2. The van der Waals surface area contributed by atoms with Crippen LogP contribution in [0.1, 0.15) is 44.2 Å². The molecule has 2 atom stereocenters. The van der Waals surface area contributed by atoms with Gasteiger partial charge in [-0.3, -0.25) is 9.69 Å². The summed E-state index contributed by atoms with van der Waals surface area (Å²) in [7, 11) is -3.40. The molecule has 1 aromatic rings. The molecule has 1 aromatic carbocycles. The van der Waals surface area contributed by atoms with E-state index in [1.807, 2.05) is 0 Å². The average molecular weight is 403 g/mol. The van der Waals surface area contributed by atoms with Gasteiger partial charge in [0.2, 0.25) is 10.0 Å². The topological polar surface area (TPSA) is 57.7 Å². The lowest BCUT2D eigenvalue weighted by Gasteiger charge is -2.47. The minimum absolute atomic E-state index is 0.0118. The largest absolute Gasteiger partial charge is 0.299 e. The fourth-order valence-electron chi connectivity index (χ4n) is 6.21. The van der Waals surface area contributed by atoms with Crippen LogP contribution >= 0.6 is 0 Å². The second-order valence-electron chi connectivity index (χ2n) is 9.88. The van der Waals surface area contributed by atoms with Crippen molar-refractivity contribution < 1.29 is 13.2 Å². The summed E-state index contributed by atoms with van der Waals surface area (Å²) in [6.45, 7) is 7.25. The molecule has 4 aliphatic rings. The van der Waals surface area contributed by atoms with Crippen molar-refractivity contribution in [2.45, 2.75) is 52.1 Å². The van der Waals surface area contributed by atoms with Crippen molar-refractivity contribution >= 4 is 15.8 Å². The van der Waals surface area contributed by atoms with Crippen LogP contribution < -0.4 is 0 Å². The summed E-state index contributed by atoms with van der Waals surface area (Å²) in [5, 5.41) is 0. The maximum atomic E-state index is 13.2. The van der Waals surface area contributed by atoms with Gasteiger partial charge in [-0.1, -0.05) is 38.1 Å². The molecule has 6 heteroatoms. The summed E-state index contributed by atoms with van der Waals surface area (Å²) in [5.41, 5.74) is 1.92. The van der Waals surface area contributed by atoms with Crippen molar-refractivity contribution in [3.05, 3.63) is 35.4 Å². The van der Waals surface area contributed by atoms with Crippen LogP contribution in [0.15, 0.2) is 24.3 Å². The van der Waals surface area contributed by atoms with Gasteiger partial charge in [0, 0.05) is 44.1 Å². The molecule has 2 aliphatic carbocycles. The summed E-state index contributed by atoms with van der Waals surface area (Å²) < 4.78 is 28.0.